The molecule has 0 amide bonds. The van der Waals surface area contributed by atoms with E-state index in [1.807, 2.05) is 4.90 Å². The van der Waals surface area contributed by atoms with Crippen LogP contribution in [0.5, 0.6) is 0 Å². The van der Waals surface area contributed by atoms with Crippen molar-refractivity contribution < 1.29 is 36.2 Å². The molecule has 0 spiro atoms. The van der Waals surface area contributed by atoms with Gasteiger partial charge in [0, 0.05) is 19.6 Å². The highest BCUT2D eigenvalue weighted by Gasteiger charge is 2.36. The van der Waals surface area contributed by atoms with Crippen molar-refractivity contribution in [2.75, 3.05) is 13.1 Å². The number of aromatic carboxylic acids is 1. The molecule has 164 valence electrons. The van der Waals surface area contributed by atoms with E-state index in [-0.39, 0.29) is 23.7 Å². The monoisotopic (exact) mass is 435 g/mol. The van der Waals surface area contributed by atoms with E-state index in [9.17, 15) is 31.1 Å². The smallest absolute Gasteiger partial charge is 0.416 e. The van der Waals surface area contributed by atoms with Crippen molar-refractivity contribution in [2.24, 2.45) is 0 Å². The standard InChI is InChI=1S/C19H19F6N3O2/c20-18(21,22)13-7-12(8-14(9-13)19(23,24)25)3-1-4-27-5-2-6-28-15(11-27)10-16(26-28)17(29)30/h7-10H,1-6,11H2,(H,29,30). The second-order valence-electron chi connectivity index (χ2n) is 7.20. The number of halogens is 6. The summed E-state index contributed by atoms with van der Waals surface area (Å²) in [5, 5.41) is 13.1. The molecular formula is C19H19F6N3O2. The van der Waals surface area contributed by atoms with Gasteiger partial charge in [-0.15, -0.1) is 0 Å². The van der Waals surface area contributed by atoms with Crippen LogP contribution in [0, 0.1) is 0 Å². The number of carboxylic acids is 1. The molecule has 1 aromatic heterocycles. The fraction of sp³-hybridized carbons (Fsp3) is 0.474. The minimum atomic E-state index is -4.86. The maximum absolute atomic E-state index is 13.0. The third-order valence-electron chi connectivity index (χ3n) is 4.90. The first-order valence-electron chi connectivity index (χ1n) is 9.24. The zero-order valence-corrected chi connectivity index (χ0v) is 15.7. The van der Waals surface area contributed by atoms with E-state index in [2.05, 4.69) is 5.10 Å². The summed E-state index contributed by atoms with van der Waals surface area (Å²) < 4.78 is 79.4. The lowest BCUT2D eigenvalue weighted by atomic mass is 10.0. The summed E-state index contributed by atoms with van der Waals surface area (Å²) in [4.78, 5) is 13.1. The van der Waals surface area contributed by atoms with E-state index in [4.69, 9.17) is 5.11 Å². The third-order valence-corrected chi connectivity index (χ3v) is 4.90. The first-order chi connectivity index (χ1) is 13.9. The summed E-state index contributed by atoms with van der Waals surface area (Å²) in [7, 11) is 0. The molecule has 0 saturated carbocycles. The van der Waals surface area contributed by atoms with E-state index in [1.54, 1.807) is 4.68 Å². The van der Waals surface area contributed by atoms with Crippen LogP contribution in [-0.2, 0) is 31.9 Å². The number of rotatable bonds is 5. The maximum Gasteiger partial charge on any atom is 0.416 e. The normalized spacial score (nSPS) is 15.7. The zero-order chi connectivity index (χ0) is 22.1. The molecule has 1 aliphatic rings. The van der Waals surface area contributed by atoms with Gasteiger partial charge in [0.15, 0.2) is 5.69 Å². The lowest BCUT2D eigenvalue weighted by Crippen LogP contribution is -2.25. The first kappa shape index (κ1) is 22.1. The van der Waals surface area contributed by atoms with Crippen molar-refractivity contribution in [2.45, 2.75) is 44.7 Å². The SMILES string of the molecule is O=C(O)c1cc2n(n1)CCCN(CCCc1cc(C(F)(F)F)cc(C(F)(F)F)c1)C2. The Kier molecular flexibility index (Phi) is 6.11. The van der Waals surface area contributed by atoms with Crippen LogP contribution in [0.15, 0.2) is 24.3 Å². The van der Waals surface area contributed by atoms with Crippen molar-refractivity contribution >= 4 is 5.97 Å². The van der Waals surface area contributed by atoms with Gasteiger partial charge in [0.1, 0.15) is 0 Å². The molecule has 1 N–H and O–H groups in total. The van der Waals surface area contributed by atoms with Crippen LogP contribution >= 0.6 is 0 Å². The van der Waals surface area contributed by atoms with Gasteiger partial charge in [0.25, 0.3) is 0 Å². The average molecular weight is 435 g/mol. The number of aryl methyl sites for hydroxylation is 2. The number of aromatic nitrogens is 2. The molecule has 0 fully saturated rings. The van der Waals surface area contributed by atoms with Crippen molar-refractivity contribution in [1.29, 1.82) is 0 Å². The van der Waals surface area contributed by atoms with Gasteiger partial charge >= 0.3 is 18.3 Å². The maximum atomic E-state index is 13.0. The van der Waals surface area contributed by atoms with Gasteiger partial charge in [0.05, 0.1) is 16.8 Å². The number of hydrogen-bond acceptors (Lipinski definition) is 3. The summed E-state index contributed by atoms with van der Waals surface area (Å²) in [5.41, 5.74) is -2.00. The van der Waals surface area contributed by atoms with Gasteiger partial charge in [-0.25, -0.2) is 4.79 Å². The number of alkyl halides is 6. The fourth-order valence-electron chi connectivity index (χ4n) is 3.49. The molecule has 30 heavy (non-hydrogen) atoms. The van der Waals surface area contributed by atoms with Crippen LogP contribution in [0.4, 0.5) is 26.3 Å². The number of benzene rings is 1. The summed E-state index contributed by atoms with van der Waals surface area (Å²) in [6.07, 6.45) is -8.60. The molecule has 1 aromatic carbocycles. The minimum absolute atomic E-state index is 0.0230. The molecule has 1 aliphatic heterocycles. The zero-order valence-electron chi connectivity index (χ0n) is 15.7. The van der Waals surface area contributed by atoms with Crippen molar-refractivity contribution in [3.05, 3.63) is 52.3 Å². The van der Waals surface area contributed by atoms with Crippen LogP contribution in [-0.4, -0.2) is 38.8 Å². The van der Waals surface area contributed by atoms with E-state index in [0.29, 0.717) is 44.7 Å². The second-order valence-corrected chi connectivity index (χ2v) is 7.20. The molecule has 0 aliphatic carbocycles. The van der Waals surface area contributed by atoms with Crippen molar-refractivity contribution in [1.82, 2.24) is 14.7 Å². The fourth-order valence-corrected chi connectivity index (χ4v) is 3.49. The molecule has 0 radical (unpaired) electrons. The summed E-state index contributed by atoms with van der Waals surface area (Å²) in [6, 6.07) is 3.11. The Morgan fingerprint density at radius 1 is 1.00 bits per heavy atom. The summed E-state index contributed by atoms with van der Waals surface area (Å²) in [6.45, 7) is 2.08. The third kappa shape index (κ3) is 5.32. The Bertz CT molecular complexity index is 888. The molecule has 0 bridgehead atoms. The van der Waals surface area contributed by atoms with Crippen LogP contribution in [0.2, 0.25) is 0 Å². The Balaban J connectivity index is 1.67. The van der Waals surface area contributed by atoms with Crippen LogP contribution < -0.4 is 0 Å². The van der Waals surface area contributed by atoms with E-state index < -0.39 is 29.4 Å². The molecule has 3 rings (SSSR count). The molecular weight excluding hydrogens is 416 g/mol. The predicted molar refractivity (Wildman–Crippen MR) is 93.8 cm³/mol. The number of nitrogens with zero attached hydrogens (tertiary/aromatic N) is 3. The van der Waals surface area contributed by atoms with Crippen LogP contribution in [0.1, 0.15) is 45.7 Å². The van der Waals surface area contributed by atoms with Crippen molar-refractivity contribution in [3.8, 4) is 0 Å². The predicted octanol–water partition coefficient (Wildman–Crippen LogP) is 4.46. The quantitative estimate of drug-likeness (QED) is 0.705. The Hall–Kier alpha value is -2.56. The first-order valence-corrected chi connectivity index (χ1v) is 9.24. The Morgan fingerprint density at radius 3 is 2.20 bits per heavy atom. The number of hydrogen-bond donors (Lipinski definition) is 1. The molecule has 0 unspecified atom stereocenters. The molecule has 5 nitrogen and oxygen atoms in total. The van der Waals surface area contributed by atoms with Gasteiger partial charge in [-0.2, -0.15) is 31.4 Å². The van der Waals surface area contributed by atoms with Gasteiger partial charge in [0.2, 0.25) is 0 Å². The minimum Gasteiger partial charge on any atom is -0.476 e. The highest BCUT2D eigenvalue weighted by atomic mass is 19.4. The Labute approximate surface area is 167 Å². The highest BCUT2D eigenvalue weighted by molar-refractivity contribution is 5.85. The topological polar surface area (TPSA) is 58.4 Å². The van der Waals surface area contributed by atoms with Gasteiger partial charge in [-0.3, -0.25) is 9.58 Å². The molecule has 0 atom stereocenters. The van der Waals surface area contributed by atoms with E-state index in [0.717, 1.165) is 12.1 Å². The lowest BCUT2D eigenvalue weighted by molar-refractivity contribution is -0.143. The second kappa shape index (κ2) is 8.29. The molecule has 0 saturated heterocycles. The molecule has 2 heterocycles. The van der Waals surface area contributed by atoms with Crippen molar-refractivity contribution in [3.63, 3.8) is 0 Å². The van der Waals surface area contributed by atoms with Crippen LogP contribution in [0.25, 0.3) is 0 Å². The molecule has 2 aromatic rings. The Morgan fingerprint density at radius 2 is 1.63 bits per heavy atom. The highest BCUT2D eigenvalue weighted by Crippen LogP contribution is 2.36. The summed E-state index contributed by atoms with van der Waals surface area (Å²) in [5.74, 6) is -1.13. The molecule has 11 heteroatoms. The number of fused-ring (bicyclic) bond motifs is 1. The van der Waals surface area contributed by atoms with E-state index in [1.165, 1.54) is 6.07 Å². The van der Waals surface area contributed by atoms with Gasteiger partial charge in [-0.05, 0) is 55.6 Å². The average Bonchev–Trinajstić information content (AvgIpc) is 2.93. The van der Waals surface area contributed by atoms with Gasteiger partial charge < -0.3 is 5.11 Å². The number of carboxylic acid groups (broad SMARTS) is 1. The number of carbonyl (C=O) groups is 1. The summed E-state index contributed by atoms with van der Waals surface area (Å²) >= 11 is 0. The van der Waals surface area contributed by atoms with E-state index >= 15 is 0 Å². The largest absolute Gasteiger partial charge is 0.476 e. The van der Waals surface area contributed by atoms with Crippen LogP contribution in [0.3, 0.4) is 0 Å². The van der Waals surface area contributed by atoms with Gasteiger partial charge in [-0.1, -0.05) is 0 Å². The lowest BCUT2D eigenvalue weighted by Gasteiger charge is -2.20.